The summed E-state index contributed by atoms with van der Waals surface area (Å²) in [4.78, 5) is 7.41. The molecular weight excluding hydrogens is 659 g/mol. The van der Waals surface area contributed by atoms with Crippen LogP contribution in [0.25, 0.3) is 55.5 Å². The van der Waals surface area contributed by atoms with E-state index in [1.807, 2.05) is 6.20 Å². The number of pyridine rings is 1. The molecule has 0 saturated heterocycles. The first-order chi connectivity index (χ1) is 26.2. The third kappa shape index (κ3) is 4.85. The molecule has 6 aromatic carbocycles. The highest BCUT2D eigenvalue weighted by atomic mass is 15.3. The molecule has 0 N–H and O–H groups in total. The lowest BCUT2D eigenvalue weighted by Gasteiger charge is -2.42. The van der Waals surface area contributed by atoms with Gasteiger partial charge in [-0.05, 0) is 76.7 Å². The summed E-state index contributed by atoms with van der Waals surface area (Å²) in [6.07, 6.45) is 1.95. The third-order valence-corrected chi connectivity index (χ3v) is 11.3. The summed E-state index contributed by atoms with van der Waals surface area (Å²) < 4.78 is 4.46. The van der Waals surface area contributed by atoms with Crippen molar-refractivity contribution >= 4 is 49.8 Å². The molecule has 0 saturated carbocycles. The second kappa shape index (κ2) is 11.8. The maximum absolute atomic E-state index is 5.21. The van der Waals surface area contributed by atoms with Crippen molar-refractivity contribution in [3.05, 3.63) is 175 Å². The molecule has 1 aliphatic rings. The first kappa shape index (κ1) is 32.2. The molecule has 0 amide bonds. The molecule has 5 nitrogen and oxygen atoms in total. The Hall–Kier alpha value is -6.46. The lowest BCUT2D eigenvalue weighted by molar-refractivity contribution is 0.588. The van der Waals surface area contributed by atoms with E-state index in [9.17, 15) is 0 Å². The average Bonchev–Trinajstić information content (AvgIpc) is 3.74. The molecule has 1 aliphatic heterocycles. The van der Waals surface area contributed by atoms with E-state index in [0.29, 0.717) is 0 Å². The molecular formula is C49H41N5. The standard InChI is InChI=1S/C49H41N5/c1-48(2,3)33-27-28-50-46(29-33)53-42-21-13-10-17-36(42)37-25-23-34(30-44(37)53)52-43-22-14-11-19-39(43)49(4,5)40-26-24-35(31-45(40)52)54-47(32-15-7-6-8-16-32)38-18-9-12-20-41(38)51-54/h6-31H,1-5H3. The lowest BCUT2D eigenvalue weighted by Crippen LogP contribution is -2.30. The number of anilines is 3. The fourth-order valence-corrected chi connectivity index (χ4v) is 8.56. The maximum atomic E-state index is 5.21. The molecule has 262 valence electrons. The summed E-state index contributed by atoms with van der Waals surface area (Å²) in [5.74, 6) is 0.924. The van der Waals surface area contributed by atoms with Crippen molar-refractivity contribution in [2.45, 2.75) is 45.4 Å². The van der Waals surface area contributed by atoms with E-state index in [4.69, 9.17) is 10.1 Å². The monoisotopic (exact) mass is 699 g/mol. The van der Waals surface area contributed by atoms with Gasteiger partial charge in [0.2, 0.25) is 0 Å². The smallest absolute Gasteiger partial charge is 0.137 e. The van der Waals surface area contributed by atoms with Gasteiger partial charge in [-0.15, -0.1) is 0 Å². The van der Waals surface area contributed by atoms with Gasteiger partial charge in [-0.2, -0.15) is 5.10 Å². The van der Waals surface area contributed by atoms with Crippen molar-refractivity contribution in [2.24, 2.45) is 0 Å². The Balaban J connectivity index is 1.23. The Labute approximate surface area is 315 Å². The summed E-state index contributed by atoms with van der Waals surface area (Å²) in [6.45, 7) is 11.5. The van der Waals surface area contributed by atoms with Crippen LogP contribution in [0.15, 0.2) is 158 Å². The topological polar surface area (TPSA) is 38.9 Å². The third-order valence-electron chi connectivity index (χ3n) is 11.3. The van der Waals surface area contributed by atoms with E-state index in [1.165, 1.54) is 33.2 Å². The van der Waals surface area contributed by atoms with Crippen molar-refractivity contribution in [3.63, 3.8) is 0 Å². The molecule has 0 aliphatic carbocycles. The highest BCUT2D eigenvalue weighted by Gasteiger charge is 2.37. The summed E-state index contributed by atoms with van der Waals surface area (Å²) in [6, 6.07) is 54.8. The molecule has 10 rings (SSSR count). The van der Waals surface area contributed by atoms with Crippen molar-refractivity contribution in [1.29, 1.82) is 0 Å². The quantitative estimate of drug-likeness (QED) is 0.184. The molecule has 0 spiro atoms. The van der Waals surface area contributed by atoms with Gasteiger partial charge in [0.15, 0.2) is 0 Å². The highest BCUT2D eigenvalue weighted by molar-refractivity contribution is 6.10. The van der Waals surface area contributed by atoms with Gasteiger partial charge in [0, 0.05) is 39.0 Å². The average molecular weight is 700 g/mol. The van der Waals surface area contributed by atoms with E-state index >= 15 is 0 Å². The molecule has 9 aromatic rings. The molecule has 0 bridgehead atoms. The molecule has 54 heavy (non-hydrogen) atoms. The Morgan fingerprint density at radius 1 is 0.556 bits per heavy atom. The number of hydrogen-bond donors (Lipinski definition) is 0. The van der Waals surface area contributed by atoms with Crippen LogP contribution < -0.4 is 4.90 Å². The fraction of sp³-hybridized carbons (Fsp3) is 0.143. The van der Waals surface area contributed by atoms with Gasteiger partial charge in [0.25, 0.3) is 0 Å². The zero-order valence-corrected chi connectivity index (χ0v) is 31.2. The van der Waals surface area contributed by atoms with Gasteiger partial charge in [-0.25, -0.2) is 9.67 Å². The minimum atomic E-state index is -0.228. The van der Waals surface area contributed by atoms with Gasteiger partial charge >= 0.3 is 0 Å². The number of nitrogens with zero attached hydrogens (tertiary/aromatic N) is 5. The van der Waals surface area contributed by atoms with E-state index in [1.54, 1.807) is 0 Å². The highest BCUT2D eigenvalue weighted by Crippen LogP contribution is 2.53. The minimum Gasteiger partial charge on any atom is -0.310 e. The molecule has 0 radical (unpaired) electrons. The summed E-state index contributed by atoms with van der Waals surface area (Å²) >= 11 is 0. The number of benzene rings is 6. The molecule has 0 unspecified atom stereocenters. The largest absolute Gasteiger partial charge is 0.310 e. The SMILES string of the molecule is CC(C)(C)c1ccnc(-n2c3ccccc3c3ccc(N4c5ccccc5C(C)(C)c5ccc(-n6nc7ccccc7c6-c6ccccc6)cc54)cc32)c1. The summed E-state index contributed by atoms with van der Waals surface area (Å²) in [7, 11) is 0. The Morgan fingerprint density at radius 3 is 2.07 bits per heavy atom. The predicted molar refractivity (Wildman–Crippen MR) is 224 cm³/mol. The van der Waals surface area contributed by atoms with Crippen LogP contribution in [0.1, 0.15) is 51.3 Å². The van der Waals surface area contributed by atoms with Crippen molar-refractivity contribution in [3.8, 4) is 22.8 Å². The van der Waals surface area contributed by atoms with Crippen LogP contribution >= 0.6 is 0 Å². The zero-order valence-electron chi connectivity index (χ0n) is 31.2. The number of para-hydroxylation sites is 2. The number of fused-ring (bicyclic) bond motifs is 6. The Morgan fingerprint density at radius 2 is 1.24 bits per heavy atom. The molecule has 4 heterocycles. The van der Waals surface area contributed by atoms with Crippen LogP contribution in [0.4, 0.5) is 17.1 Å². The Bertz CT molecular complexity index is 2900. The normalized spacial score (nSPS) is 13.8. The molecule has 5 heteroatoms. The van der Waals surface area contributed by atoms with Crippen LogP contribution in [0.2, 0.25) is 0 Å². The molecule has 3 aromatic heterocycles. The van der Waals surface area contributed by atoms with E-state index < -0.39 is 0 Å². The van der Waals surface area contributed by atoms with Crippen molar-refractivity contribution in [1.82, 2.24) is 19.3 Å². The van der Waals surface area contributed by atoms with E-state index in [-0.39, 0.29) is 10.8 Å². The van der Waals surface area contributed by atoms with Gasteiger partial charge in [-0.1, -0.05) is 132 Å². The molecule has 0 fully saturated rings. The van der Waals surface area contributed by atoms with Gasteiger partial charge in [-0.3, -0.25) is 4.57 Å². The maximum Gasteiger partial charge on any atom is 0.137 e. The van der Waals surface area contributed by atoms with Crippen LogP contribution in [0.3, 0.4) is 0 Å². The fourth-order valence-electron chi connectivity index (χ4n) is 8.56. The lowest BCUT2D eigenvalue weighted by atomic mass is 9.73. The van der Waals surface area contributed by atoms with Crippen molar-refractivity contribution in [2.75, 3.05) is 4.90 Å². The van der Waals surface area contributed by atoms with E-state index in [2.05, 4.69) is 200 Å². The number of rotatable bonds is 4. The molecule has 0 atom stereocenters. The summed E-state index contributed by atoms with van der Waals surface area (Å²) in [5.41, 5.74) is 13.5. The van der Waals surface area contributed by atoms with Gasteiger partial charge in [0.1, 0.15) is 5.82 Å². The second-order valence-electron chi connectivity index (χ2n) is 16.0. The second-order valence-corrected chi connectivity index (χ2v) is 16.0. The first-order valence-corrected chi connectivity index (χ1v) is 18.8. The predicted octanol–water partition coefficient (Wildman–Crippen LogP) is 12.6. The Kier molecular flexibility index (Phi) is 7.02. The van der Waals surface area contributed by atoms with Crippen LogP contribution in [-0.2, 0) is 10.8 Å². The van der Waals surface area contributed by atoms with Crippen LogP contribution in [0, 0.1) is 0 Å². The number of aromatic nitrogens is 4. The minimum absolute atomic E-state index is 0.00581. The van der Waals surface area contributed by atoms with Crippen LogP contribution in [-0.4, -0.2) is 19.3 Å². The zero-order chi connectivity index (χ0) is 36.8. The van der Waals surface area contributed by atoms with Crippen LogP contribution in [0.5, 0.6) is 0 Å². The van der Waals surface area contributed by atoms with Crippen molar-refractivity contribution < 1.29 is 0 Å². The van der Waals surface area contributed by atoms with E-state index in [0.717, 1.165) is 56.1 Å². The van der Waals surface area contributed by atoms with Gasteiger partial charge < -0.3 is 4.90 Å². The first-order valence-electron chi connectivity index (χ1n) is 18.8. The van der Waals surface area contributed by atoms with Gasteiger partial charge in [0.05, 0.1) is 39.3 Å². The number of hydrogen-bond acceptors (Lipinski definition) is 3. The summed E-state index contributed by atoms with van der Waals surface area (Å²) in [5, 5.41) is 8.75.